The maximum Gasteiger partial charge on any atom is 0.123 e. The predicted molar refractivity (Wildman–Crippen MR) is 71.9 cm³/mol. The fourth-order valence-electron chi connectivity index (χ4n) is 3.71. The predicted octanol–water partition coefficient (Wildman–Crippen LogP) is 3.29. The van der Waals surface area contributed by atoms with Gasteiger partial charge in [-0.05, 0) is 48.4 Å². The van der Waals surface area contributed by atoms with E-state index in [0.29, 0.717) is 23.7 Å². The molecule has 0 radical (unpaired) electrons. The Morgan fingerprint density at radius 3 is 2.56 bits per heavy atom. The molecule has 1 aromatic rings. The van der Waals surface area contributed by atoms with E-state index in [1.54, 1.807) is 12.1 Å². The molecular formula is C16H20FN. The van der Waals surface area contributed by atoms with Gasteiger partial charge in [0.1, 0.15) is 5.82 Å². The first-order valence-corrected chi connectivity index (χ1v) is 6.77. The number of hydrogen-bond acceptors (Lipinski definition) is 1. The minimum absolute atomic E-state index is 0.141. The third-order valence-corrected chi connectivity index (χ3v) is 4.54. The molecule has 1 fully saturated rings. The van der Waals surface area contributed by atoms with E-state index < -0.39 is 0 Å². The minimum atomic E-state index is -0.141. The summed E-state index contributed by atoms with van der Waals surface area (Å²) >= 11 is 0. The molecule has 1 saturated heterocycles. The Labute approximate surface area is 108 Å². The molecule has 1 heterocycles. The summed E-state index contributed by atoms with van der Waals surface area (Å²) in [6, 6.07) is 7.11. The fourth-order valence-corrected chi connectivity index (χ4v) is 3.71. The highest BCUT2D eigenvalue weighted by molar-refractivity contribution is 5.27. The van der Waals surface area contributed by atoms with Crippen molar-refractivity contribution in [1.82, 2.24) is 4.90 Å². The maximum atomic E-state index is 13.1. The van der Waals surface area contributed by atoms with Gasteiger partial charge < -0.3 is 4.90 Å². The number of halogens is 1. The molecule has 1 aliphatic carbocycles. The number of rotatable bonds is 1. The van der Waals surface area contributed by atoms with Crippen LogP contribution in [-0.2, 0) is 0 Å². The van der Waals surface area contributed by atoms with E-state index in [0.717, 1.165) is 13.1 Å². The van der Waals surface area contributed by atoms with Gasteiger partial charge in [-0.3, -0.25) is 0 Å². The normalized spacial score (nSPS) is 35.7. The van der Waals surface area contributed by atoms with E-state index >= 15 is 0 Å². The van der Waals surface area contributed by atoms with Gasteiger partial charge in [-0.1, -0.05) is 31.2 Å². The van der Waals surface area contributed by atoms with Crippen LogP contribution in [0.15, 0.2) is 36.4 Å². The molecule has 1 aliphatic heterocycles. The molecule has 2 aliphatic rings. The molecule has 0 aromatic heterocycles. The molecule has 0 bridgehead atoms. The van der Waals surface area contributed by atoms with Crippen LogP contribution in [0.2, 0.25) is 0 Å². The van der Waals surface area contributed by atoms with Gasteiger partial charge in [-0.2, -0.15) is 0 Å². The number of likely N-dealkylation sites (tertiary alicyclic amines) is 1. The van der Waals surface area contributed by atoms with Gasteiger partial charge in [0.25, 0.3) is 0 Å². The molecule has 18 heavy (non-hydrogen) atoms. The molecule has 0 saturated carbocycles. The SMILES string of the molecule is C[C@@H]1C=CC2CN(C)C[C@H]2[C@@H]1c1ccc(F)cc1. The lowest BCUT2D eigenvalue weighted by Crippen LogP contribution is -2.28. The largest absolute Gasteiger partial charge is 0.305 e. The Balaban J connectivity index is 1.94. The molecule has 4 atom stereocenters. The first kappa shape index (κ1) is 11.9. The van der Waals surface area contributed by atoms with Gasteiger partial charge in [0.05, 0.1) is 0 Å². The number of allylic oxidation sites excluding steroid dienone is 1. The van der Waals surface area contributed by atoms with Crippen molar-refractivity contribution in [3.8, 4) is 0 Å². The highest BCUT2D eigenvalue weighted by atomic mass is 19.1. The van der Waals surface area contributed by atoms with Crippen molar-refractivity contribution in [1.29, 1.82) is 0 Å². The summed E-state index contributed by atoms with van der Waals surface area (Å²) in [6.07, 6.45) is 4.73. The Kier molecular flexibility index (Phi) is 2.98. The molecular weight excluding hydrogens is 225 g/mol. The second kappa shape index (κ2) is 4.51. The van der Waals surface area contributed by atoms with Gasteiger partial charge in [0.15, 0.2) is 0 Å². The third-order valence-electron chi connectivity index (χ3n) is 4.54. The highest BCUT2D eigenvalue weighted by Crippen LogP contribution is 2.44. The van der Waals surface area contributed by atoms with E-state index in [1.807, 2.05) is 12.1 Å². The zero-order chi connectivity index (χ0) is 12.7. The average molecular weight is 245 g/mol. The van der Waals surface area contributed by atoms with E-state index in [2.05, 4.69) is 31.0 Å². The Morgan fingerprint density at radius 1 is 1.11 bits per heavy atom. The Hall–Kier alpha value is -1.15. The summed E-state index contributed by atoms with van der Waals surface area (Å²) in [7, 11) is 2.19. The van der Waals surface area contributed by atoms with Crippen LogP contribution in [0.25, 0.3) is 0 Å². The van der Waals surface area contributed by atoms with Crippen LogP contribution < -0.4 is 0 Å². The van der Waals surface area contributed by atoms with Crippen molar-refractivity contribution < 1.29 is 4.39 Å². The van der Waals surface area contributed by atoms with Crippen LogP contribution in [0.1, 0.15) is 18.4 Å². The topological polar surface area (TPSA) is 3.24 Å². The van der Waals surface area contributed by atoms with Crippen LogP contribution in [0.5, 0.6) is 0 Å². The summed E-state index contributed by atoms with van der Waals surface area (Å²) in [6.45, 7) is 4.59. The molecule has 2 heteroatoms. The molecule has 3 rings (SSSR count). The first-order valence-electron chi connectivity index (χ1n) is 6.77. The Morgan fingerprint density at radius 2 is 1.83 bits per heavy atom. The third kappa shape index (κ3) is 1.99. The van der Waals surface area contributed by atoms with Crippen molar-refractivity contribution in [2.75, 3.05) is 20.1 Å². The number of hydrogen-bond donors (Lipinski definition) is 0. The molecule has 0 spiro atoms. The monoisotopic (exact) mass is 245 g/mol. The Bertz CT molecular complexity index is 451. The van der Waals surface area contributed by atoms with Crippen LogP contribution in [0, 0.1) is 23.6 Å². The fraction of sp³-hybridized carbons (Fsp3) is 0.500. The molecule has 0 N–H and O–H groups in total. The maximum absolute atomic E-state index is 13.1. The van der Waals surface area contributed by atoms with Crippen LogP contribution in [0.4, 0.5) is 4.39 Å². The van der Waals surface area contributed by atoms with Gasteiger partial charge in [0.2, 0.25) is 0 Å². The smallest absolute Gasteiger partial charge is 0.123 e. The van der Waals surface area contributed by atoms with Crippen molar-refractivity contribution >= 4 is 0 Å². The van der Waals surface area contributed by atoms with Gasteiger partial charge in [-0.15, -0.1) is 0 Å². The van der Waals surface area contributed by atoms with Gasteiger partial charge in [0, 0.05) is 13.1 Å². The van der Waals surface area contributed by atoms with Crippen LogP contribution >= 0.6 is 0 Å². The molecule has 96 valence electrons. The van der Waals surface area contributed by atoms with E-state index in [-0.39, 0.29) is 5.82 Å². The van der Waals surface area contributed by atoms with Gasteiger partial charge in [-0.25, -0.2) is 4.39 Å². The zero-order valence-electron chi connectivity index (χ0n) is 11.0. The number of benzene rings is 1. The number of fused-ring (bicyclic) bond motifs is 1. The van der Waals surface area contributed by atoms with E-state index in [1.165, 1.54) is 5.56 Å². The highest BCUT2D eigenvalue weighted by Gasteiger charge is 2.40. The quantitative estimate of drug-likeness (QED) is 0.686. The van der Waals surface area contributed by atoms with Crippen LogP contribution in [-0.4, -0.2) is 25.0 Å². The lowest BCUT2D eigenvalue weighted by molar-refractivity contribution is 0.311. The van der Waals surface area contributed by atoms with Crippen molar-refractivity contribution in [2.24, 2.45) is 17.8 Å². The van der Waals surface area contributed by atoms with Crippen LogP contribution in [0.3, 0.4) is 0 Å². The summed E-state index contributed by atoms with van der Waals surface area (Å²) in [5.41, 5.74) is 1.29. The van der Waals surface area contributed by atoms with Gasteiger partial charge >= 0.3 is 0 Å². The molecule has 1 nitrogen and oxygen atoms in total. The summed E-state index contributed by atoms with van der Waals surface area (Å²) < 4.78 is 13.1. The standard InChI is InChI=1S/C16H20FN/c1-11-3-4-13-9-18(2)10-15(13)16(11)12-5-7-14(17)8-6-12/h3-8,11,13,15-16H,9-10H2,1-2H3/t11-,13?,15-,16+/m1/s1. The second-order valence-corrected chi connectivity index (χ2v) is 5.87. The molecule has 1 aromatic carbocycles. The lowest BCUT2D eigenvalue weighted by Gasteiger charge is -2.34. The number of nitrogens with zero attached hydrogens (tertiary/aromatic N) is 1. The summed E-state index contributed by atoms with van der Waals surface area (Å²) in [5, 5.41) is 0. The average Bonchev–Trinajstić information content (AvgIpc) is 2.71. The molecule has 1 unspecified atom stereocenters. The lowest BCUT2D eigenvalue weighted by atomic mass is 9.69. The zero-order valence-corrected chi connectivity index (χ0v) is 11.0. The van der Waals surface area contributed by atoms with Crippen molar-refractivity contribution in [3.63, 3.8) is 0 Å². The van der Waals surface area contributed by atoms with Crippen molar-refractivity contribution in [3.05, 3.63) is 47.8 Å². The minimum Gasteiger partial charge on any atom is -0.305 e. The van der Waals surface area contributed by atoms with E-state index in [9.17, 15) is 4.39 Å². The molecule has 0 amide bonds. The first-order chi connectivity index (χ1) is 8.65. The van der Waals surface area contributed by atoms with E-state index in [4.69, 9.17) is 0 Å². The second-order valence-electron chi connectivity index (χ2n) is 5.87. The summed E-state index contributed by atoms with van der Waals surface area (Å²) in [5.74, 6) is 2.29. The summed E-state index contributed by atoms with van der Waals surface area (Å²) in [4.78, 5) is 2.41. The van der Waals surface area contributed by atoms with Crippen molar-refractivity contribution in [2.45, 2.75) is 12.8 Å².